The van der Waals surface area contributed by atoms with Gasteiger partial charge in [0.25, 0.3) is 5.91 Å². The van der Waals surface area contributed by atoms with Crippen LogP contribution in [-0.2, 0) is 11.3 Å². The highest BCUT2D eigenvalue weighted by atomic mass is 35.5. The predicted octanol–water partition coefficient (Wildman–Crippen LogP) is 7.77. The first-order chi connectivity index (χ1) is 18.5. The molecule has 0 spiro atoms. The SMILES string of the molecule is CCCCOc1ccc(-c2nn(-c3ccccc3)cc2/C=C2\SC(=S)N(Cc3ccccc3)C2=O)cc1Cl. The molecule has 1 aliphatic heterocycles. The highest BCUT2D eigenvalue weighted by Gasteiger charge is 2.32. The number of para-hydroxylation sites is 1. The fourth-order valence-electron chi connectivity index (χ4n) is 4.07. The predicted molar refractivity (Wildman–Crippen MR) is 160 cm³/mol. The number of ether oxygens (including phenoxy) is 1. The molecule has 1 amide bonds. The Morgan fingerprint density at radius 3 is 2.50 bits per heavy atom. The lowest BCUT2D eigenvalue weighted by Gasteiger charge is -2.14. The average Bonchev–Trinajstić information content (AvgIpc) is 3.47. The number of hydrogen-bond acceptors (Lipinski definition) is 5. The molecule has 5 nitrogen and oxygen atoms in total. The number of halogens is 1. The van der Waals surface area contributed by atoms with Gasteiger partial charge in [-0.3, -0.25) is 9.69 Å². The van der Waals surface area contributed by atoms with Crippen molar-refractivity contribution in [2.75, 3.05) is 6.61 Å². The van der Waals surface area contributed by atoms with Crippen molar-refractivity contribution in [1.82, 2.24) is 14.7 Å². The van der Waals surface area contributed by atoms with Gasteiger partial charge in [-0.05, 0) is 48.4 Å². The van der Waals surface area contributed by atoms with Crippen LogP contribution in [0.15, 0.2) is 90.0 Å². The van der Waals surface area contributed by atoms with Crippen LogP contribution in [0, 0.1) is 0 Å². The molecule has 0 aliphatic carbocycles. The molecule has 0 unspecified atom stereocenters. The van der Waals surface area contributed by atoms with E-state index in [1.54, 1.807) is 4.90 Å². The summed E-state index contributed by atoms with van der Waals surface area (Å²) >= 11 is 13.5. The highest BCUT2D eigenvalue weighted by molar-refractivity contribution is 8.26. The maximum absolute atomic E-state index is 13.4. The van der Waals surface area contributed by atoms with Gasteiger partial charge in [-0.25, -0.2) is 4.68 Å². The number of thiocarbonyl (C=S) groups is 1. The van der Waals surface area contributed by atoms with Crippen molar-refractivity contribution in [3.8, 4) is 22.7 Å². The second kappa shape index (κ2) is 12.0. The summed E-state index contributed by atoms with van der Waals surface area (Å²) in [4.78, 5) is 15.6. The van der Waals surface area contributed by atoms with Gasteiger partial charge in [-0.1, -0.05) is 97.5 Å². The number of hydrogen-bond donors (Lipinski definition) is 0. The number of amides is 1. The average molecular weight is 560 g/mol. The molecule has 192 valence electrons. The normalized spacial score (nSPS) is 14.5. The van der Waals surface area contributed by atoms with Crippen LogP contribution in [0.5, 0.6) is 5.75 Å². The van der Waals surface area contributed by atoms with E-state index >= 15 is 0 Å². The minimum Gasteiger partial charge on any atom is -0.492 e. The first kappa shape index (κ1) is 26.2. The molecule has 0 atom stereocenters. The second-order valence-electron chi connectivity index (χ2n) is 8.81. The van der Waals surface area contributed by atoms with Crippen LogP contribution in [0.3, 0.4) is 0 Å². The summed E-state index contributed by atoms with van der Waals surface area (Å²) in [5.41, 5.74) is 4.28. The standard InChI is InChI=1S/C30H26ClN3O2S2/c1-2-3-16-36-26-15-14-22(17-25(26)31)28-23(20-34(32-28)24-12-8-5-9-13-24)18-27-29(35)33(30(37)38-27)19-21-10-6-4-7-11-21/h4-15,17-18,20H,2-3,16,19H2,1H3/b27-18-. The Kier molecular flexibility index (Phi) is 8.27. The Labute approximate surface area is 237 Å². The van der Waals surface area contributed by atoms with E-state index in [-0.39, 0.29) is 5.91 Å². The van der Waals surface area contributed by atoms with Crippen LogP contribution < -0.4 is 4.74 Å². The van der Waals surface area contributed by atoms with Crippen molar-refractivity contribution in [2.45, 2.75) is 26.3 Å². The zero-order chi connectivity index (χ0) is 26.5. The minimum atomic E-state index is -0.111. The smallest absolute Gasteiger partial charge is 0.266 e. The van der Waals surface area contributed by atoms with Gasteiger partial charge in [0.2, 0.25) is 0 Å². The van der Waals surface area contributed by atoms with Crippen molar-refractivity contribution in [2.24, 2.45) is 0 Å². The van der Waals surface area contributed by atoms with Crippen LogP contribution in [0.1, 0.15) is 30.9 Å². The summed E-state index contributed by atoms with van der Waals surface area (Å²) in [5, 5.41) is 5.40. The quantitative estimate of drug-likeness (QED) is 0.119. The fraction of sp³-hybridized carbons (Fsp3) is 0.167. The number of aromatic nitrogens is 2. The molecule has 1 aliphatic rings. The van der Waals surface area contributed by atoms with E-state index in [1.807, 2.05) is 95.8 Å². The van der Waals surface area contributed by atoms with E-state index in [1.165, 1.54) is 11.8 Å². The molecule has 2 heterocycles. The first-order valence-corrected chi connectivity index (χ1v) is 14.0. The topological polar surface area (TPSA) is 47.4 Å². The molecule has 0 bridgehead atoms. The fourth-order valence-corrected chi connectivity index (χ4v) is 5.55. The zero-order valence-corrected chi connectivity index (χ0v) is 23.2. The number of rotatable bonds is 9. The molecule has 1 fully saturated rings. The maximum atomic E-state index is 13.4. The van der Waals surface area contributed by atoms with Crippen molar-refractivity contribution >= 4 is 51.9 Å². The third-order valence-corrected chi connectivity index (χ3v) is 7.74. The third-order valence-electron chi connectivity index (χ3n) is 6.07. The van der Waals surface area contributed by atoms with Crippen molar-refractivity contribution in [3.05, 3.63) is 106 Å². The lowest BCUT2D eigenvalue weighted by Crippen LogP contribution is -2.27. The van der Waals surface area contributed by atoms with E-state index in [2.05, 4.69) is 6.92 Å². The van der Waals surface area contributed by atoms with E-state index in [0.717, 1.165) is 35.2 Å². The van der Waals surface area contributed by atoms with Gasteiger partial charge in [-0.2, -0.15) is 5.10 Å². The zero-order valence-electron chi connectivity index (χ0n) is 20.8. The first-order valence-electron chi connectivity index (χ1n) is 12.4. The molecule has 1 aromatic heterocycles. The summed E-state index contributed by atoms with van der Waals surface area (Å²) in [5.74, 6) is 0.537. The monoisotopic (exact) mass is 559 g/mol. The summed E-state index contributed by atoms with van der Waals surface area (Å²) < 4.78 is 8.18. The number of carbonyl (C=O) groups excluding carboxylic acids is 1. The molecule has 8 heteroatoms. The number of carbonyl (C=O) groups is 1. The van der Waals surface area contributed by atoms with Crippen LogP contribution in [0.2, 0.25) is 5.02 Å². The lowest BCUT2D eigenvalue weighted by molar-refractivity contribution is -0.122. The van der Waals surface area contributed by atoms with Gasteiger partial charge in [0.1, 0.15) is 15.8 Å². The molecule has 3 aromatic carbocycles. The molecule has 4 aromatic rings. The maximum Gasteiger partial charge on any atom is 0.266 e. The number of unbranched alkanes of at least 4 members (excludes halogenated alkanes) is 1. The summed E-state index contributed by atoms with van der Waals surface area (Å²) in [6.45, 7) is 3.18. The molecule has 0 N–H and O–H groups in total. The van der Waals surface area contributed by atoms with Gasteiger partial charge < -0.3 is 4.74 Å². The number of thioether (sulfide) groups is 1. The number of benzene rings is 3. The summed E-state index contributed by atoms with van der Waals surface area (Å²) in [6.07, 6.45) is 5.80. The van der Waals surface area contributed by atoms with Crippen molar-refractivity contribution in [3.63, 3.8) is 0 Å². The highest BCUT2D eigenvalue weighted by Crippen LogP contribution is 2.37. The van der Waals surface area contributed by atoms with Gasteiger partial charge in [0, 0.05) is 17.3 Å². The van der Waals surface area contributed by atoms with E-state index in [0.29, 0.717) is 38.8 Å². The van der Waals surface area contributed by atoms with E-state index in [9.17, 15) is 4.79 Å². The lowest BCUT2D eigenvalue weighted by atomic mass is 10.1. The Bertz CT molecular complexity index is 1490. The Morgan fingerprint density at radius 2 is 1.79 bits per heavy atom. The van der Waals surface area contributed by atoms with Crippen LogP contribution in [0.4, 0.5) is 0 Å². The third kappa shape index (κ3) is 5.85. The molecule has 5 rings (SSSR count). The van der Waals surface area contributed by atoms with Crippen LogP contribution in [0.25, 0.3) is 23.0 Å². The largest absolute Gasteiger partial charge is 0.492 e. The van der Waals surface area contributed by atoms with Gasteiger partial charge in [0.15, 0.2) is 0 Å². The van der Waals surface area contributed by atoms with E-state index < -0.39 is 0 Å². The van der Waals surface area contributed by atoms with Crippen molar-refractivity contribution in [1.29, 1.82) is 0 Å². The van der Waals surface area contributed by atoms with Gasteiger partial charge in [-0.15, -0.1) is 0 Å². The van der Waals surface area contributed by atoms with Crippen LogP contribution in [-0.4, -0.2) is 31.5 Å². The molecule has 38 heavy (non-hydrogen) atoms. The minimum absolute atomic E-state index is 0.111. The molecule has 0 radical (unpaired) electrons. The summed E-state index contributed by atoms with van der Waals surface area (Å²) in [7, 11) is 0. The Balaban J connectivity index is 1.50. The van der Waals surface area contributed by atoms with Crippen molar-refractivity contribution < 1.29 is 9.53 Å². The summed E-state index contributed by atoms with van der Waals surface area (Å²) in [6, 6.07) is 25.4. The second-order valence-corrected chi connectivity index (χ2v) is 10.9. The van der Waals surface area contributed by atoms with Gasteiger partial charge in [0.05, 0.1) is 28.8 Å². The molecule has 0 saturated carbocycles. The Morgan fingerprint density at radius 1 is 1.05 bits per heavy atom. The number of nitrogens with zero attached hydrogens (tertiary/aromatic N) is 3. The van der Waals surface area contributed by atoms with Gasteiger partial charge >= 0.3 is 0 Å². The molecular weight excluding hydrogens is 534 g/mol. The Hall–Kier alpha value is -3.39. The molecule has 1 saturated heterocycles. The van der Waals surface area contributed by atoms with E-state index in [4.69, 9.17) is 33.7 Å². The molecular formula is C30H26ClN3O2S2. The van der Waals surface area contributed by atoms with Crippen LogP contribution >= 0.6 is 35.6 Å².